The van der Waals surface area contributed by atoms with Gasteiger partial charge in [0, 0.05) is 7.11 Å². The summed E-state index contributed by atoms with van der Waals surface area (Å²) >= 11 is 0. The maximum atomic E-state index is 10.5. The van der Waals surface area contributed by atoms with Crippen LogP contribution in [0.3, 0.4) is 0 Å². The summed E-state index contributed by atoms with van der Waals surface area (Å²) in [5, 5.41) is 14.2. The summed E-state index contributed by atoms with van der Waals surface area (Å²) in [6, 6.07) is 10.2. The van der Waals surface area contributed by atoms with E-state index in [0.29, 0.717) is 37.1 Å². The maximum Gasteiger partial charge on any atom is 0.258 e. The molecule has 0 aliphatic heterocycles. The summed E-state index contributed by atoms with van der Waals surface area (Å²) in [5.41, 5.74) is 0.253. The van der Waals surface area contributed by atoms with Crippen molar-refractivity contribution in [3.63, 3.8) is 0 Å². The first-order chi connectivity index (χ1) is 9.21. The summed E-state index contributed by atoms with van der Waals surface area (Å²) in [7, 11) is 1.57. The molecule has 2 aromatic rings. The molecule has 0 unspecified atom stereocenters. The second-order valence-corrected chi connectivity index (χ2v) is 5.00. The minimum atomic E-state index is -0.987. The predicted molar refractivity (Wildman–Crippen MR) is 67.3 cm³/mol. The maximum absolute atomic E-state index is 10.5. The second kappa shape index (κ2) is 4.75. The molecule has 0 atom stereocenters. The summed E-state index contributed by atoms with van der Waals surface area (Å²) < 4.78 is 10.0. The third-order valence-electron chi connectivity index (χ3n) is 3.58. The molecule has 0 spiro atoms. The fourth-order valence-electron chi connectivity index (χ4n) is 2.52. The Morgan fingerprint density at radius 2 is 2.11 bits per heavy atom. The Morgan fingerprint density at radius 1 is 1.37 bits per heavy atom. The van der Waals surface area contributed by atoms with Crippen LogP contribution in [0.15, 0.2) is 34.9 Å². The van der Waals surface area contributed by atoms with Gasteiger partial charge in [-0.25, -0.2) is 0 Å². The largest absolute Gasteiger partial charge is 0.380 e. The Hall–Kier alpha value is -1.72. The molecule has 5 heteroatoms. The van der Waals surface area contributed by atoms with Gasteiger partial charge in [0.15, 0.2) is 5.82 Å². The van der Waals surface area contributed by atoms with Gasteiger partial charge in [-0.15, -0.1) is 0 Å². The van der Waals surface area contributed by atoms with E-state index < -0.39 is 5.60 Å². The van der Waals surface area contributed by atoms with Gasteiger partial charge < -0.3 is 14.4 Å². The van der Waals surface area contributed by atoms with Gasteiger partial charge in [-0.3, -0.25) is 0 Å². The van der Waals surface area contributed by atoms with Gasteiger partial charge in [-0.05, 0) is 24.3 Å². The molecule has 100 valence electrons. The fourth-order valence-corrected chi connectivity index (χ4v) is 2.52. The normalized spacial score (nSPS) is 26.1. The molecule has 1 saturated carbocycles. The van der Waals surface area contributed by atoms with Crippen molar-refractivity contribution in [2.75, 3.05) is 7.11 Å². The summed E-state index contributed by atoms with van der Waals surface area (Å²) in [4.78, 5) is 4.17. The Bertz CT molecular complexity index is 547. The highest BCUT2D eigenvalue weighted by atomic mass is 16.5. The van der Waals surface area contributed by atoms with Gasteiger partial charge in [-0.2, -0.15) is 4.98 Å². The standard InChI is InChI=1S/C14H16N2O3/c1-18-9-12-15-13(19-16-12)14(17)7-11(8-14)10-5-3-2-4-6-10/h2-6,11,17H,7-9H2,1H3. The lowest BCUT2D eigenvalue weighted by Gasteiger charge is -2.41. The first kappa shape index (κ1) is 12.3. The van der Waals surface area contributed by atoms with Crippen LogP contribution >= 0.6 is 0 Å². The van der Waals surface area contributed by atoms with Crippen LogP contribution in [0.25, 0.3) is 0 Å². The van der Waals surface area contributed by atoms with Crippen LogP contribution in [0.2, 0.25) is 0 Å². The number of aromatic nitrogens is 2. The molecule has 1 aliphatic carbocycles. The average Bonchev–Trinajstić information content (AvgIpc) is 2.86. The molecule has 1 N–H and O–H groups in total. The van der Waals surface area contributed by atoms with E-state index in [1.165, 1.54) is 5.56 Å². The van der Waals surface area contributed by atoms with Crippen molar-refractivity contribution in [3.05, 3.63) is 47.6 Å². The van der Waals surface area contributed by atoms with E-state index in [2.05, 4.69) is 22.3 Å². The number of methoxy groups -OCH3 is 1. The van der Waals surface area contributed by atoms with Crippen LogP contribution in [0, 0.1) is 0 Å². The highest BCUT2D eigenvalue weighted by molar-refractivity contribution is 5.25. The number of benzene rings is 1. The summed E-state index contributed by atoms with van der Waals surface area (Å²) in [6.07, 6.45) is 1.23. The molecule has 0 amide bonds. The first-order valence-corrected chi connectivity index (χ1v) is 6.30. The van der Waals surface area contributed by atoms with E-state index in [1.54, 1.807) is 7.11 Å². The van der Waals surface area contributed by atoms with Crippen molar-refractivity contribution in [2.24, 2.45) is 0 Å². The highest BCUT2D eigenvalue weighted by Crippen LogP contribution is 2.50. The summed E-state index contributed by atoms with van der Waals surface area (Å²) in [6.45, 7) is 0.293. The third-order valence-corrected chi connectivity index (χ3v) is 3.58. The van der Waals surface area contributed by atoms with E-state index in [0.717, 1.165) is 0 Å². The van der Waals surface area contributed by atoms with Crippen LogP contribution in [0.1, 0.15) is 36.0 Å². The zero-order valence-corrected chi connectivity index (χ0v) is 10.7. The van der Waals surface area contributed by atoms with E-state index in [4.69, 9.17) is 9.26 Å². The lowest BCUT2D eigenvalue weighted by Crippen LogP contribution is -2.40. The molecule has 3 rings (SSSR count). The first-order valence-electron chi connectivity index (χ1n) is 6.30. The van der Waals surface area contributed by atoms with Crippen molar-refractivity contribution in [1.29, 1.82) is 0 Å². The van der Waals surface area contributed by atoms with Gasteiger partial charge >= 0.3 is 0 Å². The summed E-state index contributed by atoms with van der Waals surface area (Å²) in [5.74, 6) is 1.12. The van der Waals surface area contributed by atoms with Crippen molar-refractivity contribution in [2.45, 2.75) is 31.0 Å². The van der Waals surface area contributed by atoms with Crippen molar-refractivity contribution < 1.29 is 14.4 Å². The lowest BCUT2D eigenvalue weighted by atomic mass is 9.68. The molecular formula is C14H16N2O3. The molecule has 1 aliphatic rings. The number of hydrogen-bond donors (Lipinski definition) is 1. The second-order valence-electron chi connectivity index (χ2n) is 5.00. The smallest absolute Gasteiger partial charge is 0.258 e. The minimum Gasteiger partial charge on any atom is -0.380 e. The van der Waals surface area contributed by atoms with Gasteiger partial charge in [0.1, 0.15) is 12.2 Å². The molecule has 1 heterocycles. The van der Waals surface area contributed by atoms with Gasteiger partial charge in [0.25, 0.3) is 5.89 Å². The van der Waals surface area contributed by atoms with E-state index in [9.17, 15) is 5.11 Å². The quantitative estimate of drug-likeness (QED) is 0.910. The van der Waals surface area contributed by atoms with Gasteiger partial charge in [0.2, 0.25) is 0 Å². The lowest BCUT2D eigenvalue weighted by molar-refractivity contribution is -0.0792. The van der Waals surface area contributed by atoms with Crippen LogP contribution in [-0.4, -0.2) is 22.4 Å². The number of ether oxygens (including phenoxy) is 1. The Labute approximate surface area is 111 Å². The molecule has 0 saturated heterocycles. The molecule has 0 bridgehead atoms. The van der Waals surface area contributed by atoms with Crippen LogP contribution < -0.4 is 0 Å². The average molecular weight is 260 g/mol. The number of aliphatic hydroxyl groups is 1. The van der Waals surface area contributed by atoms with E-state index >= 15 is 0 Å². The molecular weight excluding hydrogens is 244 g/mol. The zero-order valence-electron chi connectivity index (χ0n) is 10.7. The zero-order chi connectivity index (χ0) is 13.3. The Balaban J connectivity index is 1.70. The Kier molecular flexibility index (Phi) is 3.08. The van der Waals surface area contributed by atoms with Crippen LogP contribution in [0.5, 0.6) is 0 Å². The van der Waals surface area contributed by atoms with Crippen LogP contribution in [0.4, 0.5) is 0 Å². The topological polar surface area (TPSA) is 68.4 Å². The number of rotatable bonds is 4. The molecule has 1 aromatic carbocycles. The predicted octanol–water partition coefficient (Wildman–Crippen LogP) is 1.98. The van der Waals surface area contributed by atoms with E-state index in [1.807, 2.05) is 18.2 Å². The van der Waals surface area contributed by atoms with Gasteiger partial charge in [0.05, 0.1) is 0 Å². The molecule has 1 aromatic heterocycles. The van der Waals surface area contributed by atoms with E-state index in [-0.39, 0.29) is 0 Å². The Morgan fingerprint density at radius 3 is 2.79 bits per heavy atom. The van der Waals surface area contributed by atoms with Crippen molar-refractivity contribution >= 4 is 0 Å². The van der Waals surface area contributed by atoms with Crippen LogP contribution in [-0.2, 0) is 16.9 Å². The monoisotopic (exact) mass is 260 g/mol. The van der Waals surface area contributed by atoms with Crippen molar-refractivity contribution in [1.82, 2.24) is 10.1 Å². The molecule has 5 nitrogen and oxygen atoms in total. The molecule has 19 heavy (non-hydrogen) atoms. The number of hydrogen-bond acceptors (Lipinski definition) is 5. The van der Waals surface area contributed by atoms with Crippen molar-refractivity contribution in [3.8, 4) is 0 Å². The minimum absolute atomic E-state index is 0.293. The number of nitrogens with zero attached hydrogens (tertiary/aromatic N) is 2. The fraction of sp³-hybridized carbons (Fsp3) is 0.429. The molecule has 1 fully saturated rings. The van der Waals surface area contributed by atoms with Gasteiger partial charge in [-0.1, -0.05) is 35.5 Å². The highest BCUT2D eigenvalue weighted by Gasteiger charge is 2.48. The SMILES string of the molecule is COCc1noc(C2(O)CC(c3ccccc3)C2)n1. The third kappa shape index (κ3) is 2.27. The molecule has 0 radical (unpaired) electrons.